The lowest BCUT2D eigenvalue weighted by Gasteiger charge is -2.01. The molecule has 0 aliphatic rings. The van der Waals surface area contributed by atoms with Crippen molar-refractivity contribution in [2.75, 3.05) is 26.4 Å². The van der Waals surface area contributed by atoms with Crippen molar-refractivity contribution >= 4 is 17.2 Å². The van der Waals surface area contributed by atoms with Crippen molar-refractivity contribution in [3.63, 3.8) is 0 Å². The van der Waals surface area contributed by atoms with Gasteiger partial charge < -0.3 is 15.2 Å². The van der Waals surface area contributed by atoms with Gasteiger partial charge >= 0.3 is 0 Å². The van der Waals surface area contributed by atoms with E-state index in [-0.39, 0.29) is 0 Å². The van der Waals surface area contributed by atoms with Crippen molar-refractivity contribution in [3.8, 4) is 0 Å². The van der Waals surface area contributed by atoms with E-state index in [9.17, 15) is 0 Å². The zero-order chi connectivity index (χ0) is 7.82. The van der Waals surface area contributed by atoms with Crippen LogP contribution in [0.2, 0.25) is 0 Å². The van der Waals surface area contributed by atoms with Gasteiger partial charge in [-0.25, -0.2) is 0 Å². The molecule has 10 heavy (non-hydrogen) atoms. The zero-order valence-corrected chi connectivity index (χ0v) is 6.95. The summed E-state index contributed by atoms with van der Waals surface area (Å²) in [6, 6.07) is 0. The summed E-state index contributed by atoms with van der Waals surface area (Å²) in [4.78, 5) is 0.386. The summed E-state index contributed by atoms with van der Waals surface area (Å²) >= 11 is 4.59. The Morgan fingerprint density at radius 1 is 1.40 bits per heavy atom. The van der Waals surface area contributed by atoms with Crippen LogP contribution < -0.4 is 5.73 Å². The van der Waals surface area contributed by atoms with Gasteiger partial charge in [0.05, 0.1) is 24.8 Å². The predicted molar refractivity (Wildman–Crippen MR) is 44.1 cm³/mol. The first-order chi connectivity index (χ1) is 4.77. The van der Waals surface area contributed by atoms with Crippen LogP contribution in [-0.4, -0.2) is 31.4 Å². The van der Waals surface area contributed by atoms with Crippen molar-refractivity contribution in [1.82, 2.24) is 0 Å². The SMILES string of the molecule is CCOCCOCC(N)=S. The van der Waals surface area contributed by atoms with Gasteiger partial charge in [0, 0.05) is 6.61 Å². The van der Waals surface area contributed by atoms with Gasteiger partial charge in [-0.1, -0.05) is 12.2 Å². The fourth-order valence-electron chi connectivity index (χ4n) is 0.435. The Labute approximate surface area is 66.5 Å². The highest BCUT2D eigenvalue weighted by molar-refractivity contribution is 7.80. The molecule has 0 aliphatic carbocycles. The van der Waals surface area contributed by atoms with Crippen LogP contribution >= 0.6 is 12.2 Å². The Bertz CT molecular complexity index is 97.7. The Morgan fingerprint density at radius 3 is 2.50 bits per heavy atom. The smallest absolute Gasteiger partial charge is 0.0989 e. The molecular weight excluding hydrogens is 150 g/mol. The van der Waals surface area contributed by atoms with E-state index < -0.39 is 0 Å². The number of hydrogen-bond donors (Lipinski definition) is 1. The van der Waals surface area contributed by atoms with E-state index in [1.807, 2.05) is 6.92 Å². The summed E-state index contributed by atoms with van der Waals surface area (Å²) in [7, 11) is 0. The van der Waals surface area contributed by atoms with Gasteiger partial charge in [0.15, 0.2) is 0 Å². The average Bonchev–Trinajstić information content (AvgIpc) is 1.87. The van der Waals surface area contributed by atoms with E-state index in [1.54, 1.807) is 0 Å². The van der Waals surface area contributed by atoms with Gasteiger partial charge in [-0.3, -0.25) is 0 Å². The highest BCUT2D eigenvalue weighted by Gasteiger charge is 1.88. The van der Waals surface area contributed by atoms with E-state index in [0.717, 1.165) is 6.61 Å². The van der Waals surface area contributed by atoms with E-state index in [2.05, 4.69) is 12.2 Å². The fraction of sp³-hybridized carbons (Fsp3) is 0.833. The molecule has 0 unspecified atom stereocenters. The minimum atomic E-state index is 0.350. The molecular formula is C6H13NO2S. The van der Waals surface area contributed by atoms with Crippen molar-refractivity contribution < 1.29 is 9.47 Å². The number of thiocarbonyl (C=S) groups is 1. The minimum Gasteiger partial charge on any atom is -0.391 e. The Morgan fingerprint density at radius 2 is 2.00 bits per heavy atom. The standard InChI is InChI=1S/C6H13NO2S/c1-2-8-3-4-9-5-6(7)10/h2-5H2,1H3,(H2,7,10). The van der Waals surface area contributed by atoms with Crippen LogP contribution in [0.5, 0.6) is 0 Å². The molecule has 0 heterocycles. The monoisotopic (exact) mass is 163 g/mol. The molecule has 0 amide bonds. The van der Waals surface area contributed by atoms with Gasteiger partial charge in [-0.2, -0.15) is 0 Å². The lowest BCUT2D eigenvalue weighted by atomic mass is 10.7. The molecule has 0 saturated carbocycles. The first kappa shape index (κ1) is 9.81. The van der Waals surface area contributed by atoms with E-state index in [4.69, 9.17) is 15.2 Å². The normalized spacial score (nSPS) is 9.70. The second-order valence-corrected chi connectivity index (χ2v) is 2.24. The quantitative estimate of drug-likeness (QED) is 0.452. The first-order valence-corrected chi connectivity index (χ1v) is 3.62. The van der Waals surface area contributed by atoms with Crippen LogP contribution in [0, 0.1) is 0 Å². The van der Waals surface area contributed by atoms with Crippen LogP contribution in [0.4, 0.5) is 0 Å². The molecule has 60 valence electrons. The second kappa shape index (κ2) is 6.92. The molecule has 0 aliphatic heterocycles. The molecule has 0 aromatic heterocycles. The lowest BCUT2D eigenvalue weighted by molar-refractivity contribution is 0.0683. The van der Waals surface area contributed by atoms with Gasteiger partial charge in [-0.15, -0.1) is 0 Å². The fourth-order valence-corrected chi connectivity index (χ4v) is 0.518. The number of nitrogens with two attached hydrogens (primary N) is 1. The third kappa shape index (κ3) is 7.81. The van der Waals surface area contributed by atoms with Gasteiger partial charge in [0.2, 0.25) is 0 Å². The summed E-state index contributed by atoms with van der Waals surface area (Å²) in [5, 5.41) is 0. The largest absolute Gasteiger partial charge is 0.391 e. The molecule has 0 atom stereocenters. The molecule has 0 saturated heterocycles. The molecule has 0 aromatic carbocycles. The molecule has 3 nitrogen and oxygen atoms in total. The molecule has 2 N–H and O–H groups in total. The summed E-state index contributed by atoms with van der Waals surface area (Å²) in [6.45, 7) is 4.18. The summed E-state index contributed by atoms with van der Waals surface area (Å²) < 4.78 is 10.0. The molecule has 0 rings (SSSR count). The number of hydrogen-bond acceptors (Lipinski definition) is 3. The Balaban J connectivity index is 2.84. The summed E-state index contributed by atoms with van der Waals surface area (Å²) in [5.41, 5.74) is 5.17. The lowest BCUT2D eigenvalue weighted by Crippen LogP contribution is -2.17. The molecule has 0 spiro atoms. The van der Waals surface area contributed by atoms with Gasteiger partial charge in [0.25, 0.3) is 0 Å². The zero-order valence-electron chi connectivity index (χ0n) is 6.13. The van der Waals surface area contributed by atoms with Crippen LogP contribution in [0.3, 0.4) is 0 Å². The molecule has 0 fully saturated rings. The van der Waals surface area contributed by atoms with Crippen molar-refractivity contribution in [1.29, 1.82) is 0 Å². The van der Waals surface area contributed by atoms with Crippen LogP contribution in [0.25, 0.3) is 0 Å². The van der Waals surface area contributed by atoms with Crippen LogP contribution in [0.15, 0.2) is 0 Å². The predicted octanol–water partition coefficient (Wildman–Crippen LogP) is 0.326. The topological polar surface area (TPSA) is 44.5 Å². The number of ether oxygens (including phenoxy) is 2. The van der Waals surface area contributed by atoms with Crippen molar-refractivity contribution in [2.24, 2.45) is 5.73 Å². The molecule has 0 aromatic rings. The van der Waals surface area contributed by atoms with Crippen molar-refractivity contribution in [3.05, 3.63) is 0 Å². The average molecular weight is 163 g/mol. The molecule has 0 radical (unpaired) electrons. The second-order valence-electron chi connectivity index (χ2n) is 1.72. The van der Waals surface area contributed by atoms with Crippen LogP contribution in [-0.2, 0) is 9.47 Å². The Hall–Kier alpha value is -0.190. The van der Waals surface area contributed by atoms with E-state index in [1.165, 1.54) is 0 Å². The van der Waals surface area contributed by atoms with E-state index in [0.29, 0.717) is 24.8 Å². The maximum Gasteiger partial charge on any atom is 0.0989 e. The third-order valence-corrected chi connectivity index (χ3v) is 0.938. The van der Waals surface area contributed by atoms with Crippen LogP contribution in [0.1, 0.15) is 6.92 Å². The molecule has 4 heteroatoms. The Kier molecular flexibility index (Phi) is 6.79. The maximum atomic E-state index is 5.17. The summed E-state index contributed by atoms with van der Waals surface area (Å²) in [5.74, 6) is 0. The highest BCUT2D eigenvalue weighted by Crippen LogP contribution is 1.77. The highest BCUT2D eigenvalue weighted by atomic mass is 32.1. The maximum absolute atomic E-state index is 5.17. The number of rotatable bonds is 6. The third-order valence-electron chi connectivity index (χ3n) is 0.820. The van der Waals surface area contributed by atoms with Gasteiger partial charge in [-0.05, 0) is 6.92 Å². The summed E-state index contributed by atoms with van der Waals surface area (Å²) in [6.07, 6.45) is 0. The first-order valence-electron chi connectivity index (χ1n) is 3.21. The van der Waals surface area contributed by atoms with Gasteiger partial charge in [0.1, 0.15) is 0 Å². The minimum absolute atomic E-state index is 0.350. The van der Waals surface area contributed by atoms with E-state index >= 15 is 0 Å². The molecule has 0 bridgehead atoms. The van der Waals surface area contributed by atoms with Crippen molar-refractivity contribution in [2.45, 2.75) is 6.92 Å².